The quantitative estimate of drug-likeness (QED) is 0.815. The Bertz CT molecular complexity index is 429. The number of hydrogen-bond acceptors (Lipinski definition) is 4. The first-order valence-corrected chi connectivity index (χ1v) is 7.45. The standard InChI is InChI=1S/C13H18FN3OS/c14-11-7-10(8-12(15)9-11)13(18)16-1-2-17-3-5-19-6-4-17/h7-9H,1-6,15H2,(H,16,18). The lowest BCUT2D eigenvalue weighted by Crippen LogP contribution is -2.39. The monoisotopic (exact) mass is 283 g/mol. The van der Waals surface area contributed by atoms with Crippen molar-refractivity contribution in [2.24, 2.45) is 0 Å². The van der Waals surface area contributed by atoms with E-state index >= 15 is 0 Å². The van der Waals surface area contributed by atoms with Gasteiger partial charge in [-0.1, -0.05) is 0 Å². The summed E-state index contributed by atoms with van der Waals surface area (Å²) in [6, 6.07) is 3.88. The Balaban J connectivity index is 1.80. The topological polar surface area (TPSA) is 58.4 Å². The van der Waals surface area contributed by atoms with Crippen LogP contribution in [0.3, 0.4) is 0 Å². The minimum Gasteiger partial charge on any atom is -0.399 e. The van der Waals surface area contributed by atoms with Crippen LogP contribution in [-0.4, -0.2) is 48.5 Å². The number of hydrogen-bond donors (Lipinski definition) is 2. The third kappa shape index (κ3) is 4.40. The van der Waals surface area contributed by atoms with Crippen molar-refractivity contribution in [1.29, 1.82) is 0 Å². The van der Waals surface area contributed by atoms with Crippen molar-refractivity contribution in [3.8, 4) is 0 Å². The van der Waals surface area contributed by atoms with Gasteiger partial charge < -0.3 is 11.1 Å². The van der Waals surface area contributed by atoms with Crippen LogP contribution < -0.4 is 11.1 Å². The lowest BCUT2D eigenvalue weighted by Gasteiger charge is -2.25. The molecule has 0 bridgehead atoms. The molecule has 1 aromatic carbocycles. The first-order valence-electron chi connectivity index (χ1n) is 6.29. The highest BCUT2D eigenvalue weighted by molar-refractivity contribution is 7.99. The third-order valence-corrected chi connectivity index (χ3v) is 3.94. The molecule has 0 saturated carbocycles. The first-order chi connectivity index (χ1) is 9.15. The van der Waals surface area contributed by atoms with Crippen LogP contribution in [0.5, 0.6) is 0 Å². The summed E-state index contributed by atoms with van der Waals surface area (Å²) in [7, 11) is 0. The number of benzene rings is 1. The molecule has 0 radical (unpaired) electrons. The Morgan fingerprint density at radius 3 is 2.79 bits per heavy atom. The fourth-order valence-corrected chi connectivity index (χ4v) is 2.98. The van der Waals surface area contributed by atoms with Crippen LogP contribution in [0.1, 0.15) is 10.4 Å². The van der Waals surface area contributed by atoms with Crippen molar-refractivity contribution < 1.29 is 9.18 Å². The molecule has 2 rings (SSSR count). The minimum absolute atomic E-state index is 0.262. The van der Waals surface area contributed by atoms with Crippen LogP contribution in [0.2, 0.25) is 0 Å². The summed E-state index contributed by atoms with van der Waals surface area (Å²) in [5.74, 6) is 1.53. The van der Waals surface area contributed by atoms with E-state index in [-0.39, 0.29) is 17.2 Å². The summed E-state index contributed by atoms with van der Waals surface area (Å²) < 4.78 is 13.1. The van der Waals surface area contributed by atoms with E-state index in [1.807, 2.05) is 11.8 Å². The van der Waals surface area contributed by atoms with Gasteiger partial charge in [-0.15, -0.1) is 0 Å². The number of carbonyl (C=O) groups is 1. The largest absolute Gasteiger partial charge is 0.399 e. The maximum absolute atomic E-state index is 13.1. The molecule has 4 nitrogen and oxygen atoms in total. The molecule has 0 aromatic heterocycles. The molecule has 1 heterocycles. The van der Waals surface area contributed by atoms with Crippen molar-refractivity contribution in [3.05, 3.63) is 29.6 Å². The van der Waals surface area contributed by atoms with E-state index in [4.69, 9.17) is 5.73 Å². The number of nitrogen functional groups attached to an aromatic ring is 1. The van der Waals surface area contributed by atoms with Crippen LogP contribution >= 0.6 is 11.8 Å². The van der Waals surface area contributed by atoms with Gasteiger partial charge in [-0.3, -0.25) is 9.69 Å². The van der Waals surface area contributed by atoms with Gasteiger partial charge in [-0.2, -0.15) is 11.8 Å². The van der Waals surface area contributed by atoms with Crippen LogP contribution in [0, 0.1) is 5.82 Å². The summed E-state index contributed by atoms with van der Waals surface area (Å²) in [4.78, 5) is 14.2. The zero-order valence-corrected chi connectivity index (χ0v) is 11.5. The Morgan fingerprint density at radius 1 is 1.37 bits per heavy atom. The molecule has 1 aliphatic rings. The minimum atomic E-state index is -0.488. The third-order valence-electron chi connectivity index (χ3n) is 3.00. The molecule has 3 N–H and O–H groups in total. The second-order valence-electron chi connectivity index (χ2n) is 4.48. The van der Waals surface area contributed by atoms with Crippen LogP contribution in [0.15, 0.2) is 18.2 Å². The molecule has 104 valence electrons. The predicted octanol–water partition coefficient (Wildman–Crippen LogP) is 1.19. The Kier molecular flexibility index (Phi) is 5.04. The highest BCUT2D eigenvalue weighted by Gasteiger charge is 2.11. The first kappa shape index (κ1) is 14.1. The smallest absolute Gasteiger partial charge is 0.251 e. The average molecular weight is 283 g/mol. The normalized spacial score (nSPS) is 16.3. The molecule has 0 unspecified atom stereocenters. The molecule has 0 spiro atoms. The Morgan fingerprint density at radius 2 is 2.11 bits per heavy atom. The van der Waals surface area contributed by atoms with Gasteiger partial charge >= 0.3 is 0 Å². The summed E-state index contributed by atoms with van der Waals surface area (Å²) >= 11 is 1.95. The second kappa shape index (κ2) is 6.77. The van der Waals surface area contributed by atoms with Gasteiger partial charge in [-0.05, 0) is 18.2 Å². The van der Waals surface area contributed by atoms with Crippen LogP contribution in [0.25, 0.3) is 0 Å². The number of anilines is 1. The molecule has 1 aliphatic heterocycles. The van der Waals surface area contributed by atoms with Crippen LogP contribution in [0.4, 0.5) is 10.1 Å². The van der Waals surface area contributed by atoms with Crippen molar-refractivity contribution in [3.63, 3.8) is 0 Å². The van der Waals surface area contributed by atoms with Gasteiger partial charge in [0, 0.05) is 48.9 Å². The van der Waals surface area contributed by atoms with E-state index in [0.29, 0.717) is 6.54 Å². The van der Waals surface area contributed by atoms with Crippen molar-refractivity contribution >= 4 is 23.4 Å². The van der Waals surface area contributed by atoms with Crippen molar-refractivity contribution in [2.75, 3.05) is 43.4 Å². The summed E-state index contributed by atoms with van der Waals surface area (Å²) in [6.45, 7) is 3.53. The molecular weight excluding hydrogens is 265 g/mol. The van der Waals surface area contributed by atoms with Gasteiger partial charge in [0.25, 0.3) is 5.91 Å². The maximum Gasteiger partial charge on any atom is 0.251 e. The summed E-state index contributed by atoms with van der Waals surface area (Å²) in [5.41, 5.74) is 6.04. The highest BCUT2D eigenvalue weighted by atomic mass is 32.2. The fraction of sp³-hybridized carbons (Fsp3) is 0.462. The molecule has 0 aliphatic carbocycles. The number of rotatable bonds is 4. The zero-order valence-electron chi connectivity index (χ0n) is 10.7. The second-order valence-corrected chi connectivity index (χ2v) is 5.71. The molecular formula is C13H18FN3OS. The molecule has 0 atom stereocenters. The number of nitrogens with one attached hydrogen (secondary N) is 1. The summed E-state index contributed by atoms with van der Waals surface area (Å²) in [5, 5.41) is 2.79. The van der Waals surface area contributed by atoms with E-state index < -0.39 is 5.82 Å². The lowest BCUT2D eigenvalue weighted by atomic mass is 10.2. The van der Waals surface area contributed by atoms with Gasteiger partial charge in [0.2, 0.25) is 0 Å². The molecule has 1 aromatic rings. The number of nitrogens with two attached hydrogens (primary N) is 1. The van der Waals surface area contributed by atoms with Crippen molar-refractivity contribution in [2.45, 2.75) is 0 Å². The average Bonchev–Trinajstić information content (AvgIpc) is 2.38. The Labute approximate surface area is 116 Å². The Hall–Kier alpha value is -1.27. The van der Waals surface area contributed by atoms with Gasteiger partial charge in [0.15, 0.2) is 0 Å². The number of halogens is 1. The SMILES string of the molecule is Nc1cc(F)cc(C(=O)NCCN2CCSCC2)c1. The van der Waals surface area contributed by atoms with Gasteiger partial charge in [0.05, 0.1) is 0 Å². The van der Waals surface area contributed by atoms with Gasteiger partial charge in [0.1, 0.15) is 5.82 Å². The molecule has 6 heteroatoms. The van der Waals surface area contributed by atoms with Crippen LogP contribution in [-0.2, 0) is 0 Å². The summed E-state index contributed by atoms with van der Waals surface area (Å²) in [6.07, 6.45) is 0. The zero-order chi connectivity index (χ0) is 13.7. The fourth-order valence-electron chi connectivity index (χ4n) is 2.00. The molecule has 19 heavy (non-hydrogen) atoms. The van der Waals surface area contributed by atoms with Crippen molar-refractivity contribution in [1.82, 2.24) is 10.2 Å². The predicted molar refractivity (Wildman–Crippen MR) is 76.9 cm³/mol. The number of thioether (sulfide) groups is 1. The van der Waals surface area contributed by atoms with E-state index in [0.717, 1.165) is 31.1 Å². The lowest BCUT2D eigenvalue weighted by molar-refractivity contribution is 0.0948. The van der Waals surface area contributed by atoms with Gasteiger partial charge in [-0.25, -0.2) is 4.39 Å². The maximum atomic E-state index is 13.1. The highest BCUT2D eigenvalue weighted by Crippen LogP contribution is 2.11. The number of carbonyl (C=O) groups excluding carboxylic acids is 1. The van der Waals surface area contributed by atoms with E-state index in [1.54, 1.807) is 0 Å². The molecule has 1 saturated heterocycles. The van der Waals surface area contributed by atoms with E-state index in [2.05, 4.69) is 10.2 Å². The molecule has 1 amide bonds. The number of nitrogens with zero attached hydrogens (tertiary/aromatic N) is 1. The van der Waals surface area contributed by atoms with E-state index in [1.165, 1.54) is 18.2 Å². The van der Waals surface area contributed by atoms with E-state index in [9.17, 15) is 9.18 Å². The molecule has 1 fully saturated rings. The number of amides is 1.